The number of esters is 1. The van der Waals surface area contributed by atoms with E-state index in [2.05, 4.69) is 9.88 Å². The molecule has 1 aliphatic carbocycles. The largest absolute Gasteiger partial charge is 0.462 e. The Morgan fingerprint density at radius 1 is 1.58 bits per heavy atom. The van der Waals surface area contributed by atoms with Crippen molar-refractivity contribution in [1.82, 2.24) is 4.98 Å². The third-order valence-corrected chi connectivity index (χ3v) is 4.15. The molecule has 1 saturated carbocycles. The summed E-state index contributed by atoms with van der Waals surface area (Å²) in [5.74, 6) is 1.14. The lowest BCUT2D eigenvalue weighted by Crippen LogP contribution is -2.33. The van der Waals surface area contributed by atoms with E-state index >= 15 is 0 Å². The van der Waals surface area contributed by atoms with E-state index in [-0.39, 0.29) is 5.97 Å². The quantitative estimate of drug-likeness (QED) is 0.841. The van der Waals surface area contributed by atoms with Gasteiger partial charge in [0, 0.05) is 18.8 Å². The molecule has 2 bridgehead atoms. The van der Waals surface area contributed by atoms with Gasteiger partial charge in [0.05, 0.1) is 17.9 Å². The van der Waals surface area contributed by atoms with Crippen molar-refractivity contribution in [2.75, 3.05) is 23.8 Å². The molecular weight excluding hydrogens is 242 g/mol. The highest BCUT2D eigenvalue weighted by Gasteiger charge is 2.39. The second-order valence-electron chi connectivity index (χ2n) is 5.30. The zero-order valence-corrected chi connectivity index (χ0v) is 11.1. The first-order valence-corrected chi connectivity index (χ1v) is 6.89. The number of nitrogen functional groups attached to an aromatic ring is 1. The van der Waals surface area contributed by atoms with Crippen molar-refractivity contribution in [3.8, 4) is 0 Å². The minimum Gasteiger partial charge on any atom is -0.462 e. The molecule has 0 amide bonds. The minimum atomic E-state index is -0.368. The second kappa shape index (κ2) is 4.72. The fraction of sp³-hybridized carbons (Fsp3) is 0.571. The Morgan fingerprint density at radius 3 is 3.05 bits per heavy atom. The topological polar surface area (TPSA) is 68.5 Å². The maximum atomic E-state index is 11.8. The molecule has 2 fully saturated rings. The molecule has 2 atom stereocenters. The Bertz CT molecular complexity index is 503. The molecule has 3 rings (SSSR count). The molecule has 5 heteroatoms. The Balaban J connectivity index is 1.90. The fourth-order valence-electron chi connectivity index (χ4n) is 3.26. The van der Waals surface area contributed by atoms with Gasteiger partial charge in [0.25, 0.3) is 0 Å². The lowest BCUT2D eigenvalue weighted by Gasteiger charge is -2.29. The Labute approximate surface area is 112 Å². The summed E-state index contributed by atoms with van der Waals surface area (Å²) >= 11 is 0. The van der Waals surface area contributed by atoms with Crippen LogP contribution in [0, 0.1) is 5.92 Å². The number of ether oxygens (including phenoxy) is 1. The number of hydrogen-bond donors (Lipinski definition) is 1. The maximum absolute atomic E-state index is 11.8. The standard InChI is InChI=1S/C14H19N3O2/c1-2-19-14(18)11-5-6-16-13(12(11)15)17-8-9-3-4-10(17)7-9/h5-6,9-10H,2-4,7-8,15H2,1H3. The van der Waals surface area contributed by atoms with Gasteiger partial charge in [-0.1, -0.05) is 0 Å². The van der Waals surface area contributed by atoms with Crippen LogP contribution >= 0.6 is 0 Å². The molecule has 2 N–H and O–H groups in total. The number of piperidine rings is 1. The second-order valence-corrected chi connectivity index (χ2v) is 5.30. The average molecular weight is 261 g/mol. The smallest absolute Gasteiger partial charge is 0.340 e. The molecule has 0 spiro atoms. The molecule has 1 aliphatic heterocycles. The van der Waals surface area contributed by atoms with Crippen LogP contribution in [0.3, 0.4) is 0 Å². The van der Waals surface area contributed by atoms with E-state index in [4.69, 9.17) is 10.5 Å². The van der Waals surface area contributed by atoms with Gasteiger partial charge < -0.3 is 15.4 Å². The fourth-order valence-corrected chi connectivity index (χ4v) is 3.26. The van der Waals surface area contributed by atoms with E-state index < -0.39 is 0 Å². The Hall–Kier alpha value is -1.78. The summed E-state index contributed by atoms with van der Waals surface area (Å²) in [6.45, 7) is 3.15. The van der Waals surface area contributed by atoms with Crippen LogP contribution in [-0.2, 0) is 4.74 Å². The Morgan fingerprint density at radius 2 is 2.42 bits per heavy atom. The summed E-state index contributed by atoms with van der Waals surface area (Å²) in [7, 11) is 0. The molecule has 0 radical (unpaired) electrons. The Kier molecular flexibility index (Phi) is 3.05. The number of nitrogens with zero attached hydrogens (tertiary/aromatic N) is 2. The summed E-state index contributed by atoms with van der Waals surface area (Å²) in [4.78, 5) is 18.5. The molecule has 2 unspecified atom stereocenters. The lowest BCUT2D eigenvalue weighted by molar-refractivity contribution is 0.0527. The van der Waals surface area contributed by atoms with E-state index in [1.54, 1.807) is 19.2 Å². The van der Waals surface area contributed by atoms with Crippen LogP contribution < -0.4 is 10.6 Å². The van der Waals surface area contributed by atoms with Crippen molar-refractivity contribution < 1.29 is 9.53 Å². The van der Waals surface area contributed by atoms with Crippen LogP contribution in [0.25, 0.3) is 0 Å². The number of anilines is 2. The van der Waals surface area contributed by atoms with E-state index in [0.717, 1.165) is 18.3 Å². The molecule has 1 aromatic rings. The molecule has 1 aromatic heterocycles. The summed E-state index contributed by atoms with van der Waals surface area (Å²) in [5, 5.41) is 0. The van der Waals surface area contributed by atoms with Gasteiger partial charge in [-0.05, 0) is 38.2 Å². The van der Waals surface area contributed by atoms with Crippen LogP contribution in [0.1, 0.15) is 36.5 Å². The average Bonchev–Trinajstić information content (AvgIpc) is 3.01. The van der Waals surface area contributed by atoms with Gasteiger partial charge in [0.1, 0.15) is 0 Å². The van der Waals surface area contributed by atoms with E-state index in [9.17, 15) is 4.79 Å². The zero-order chi connectivity index (χ0) is 13.4. The van der Waals surface area contributed by atoms with Gasteiger partial charge >= 0.3 is 5.97 Å². The number of aromatic nitrogens is 1. The number of carbonyl (C=O) groups excluding carboxylic acids is 1. The number of pyridine rings is 1. The van der Waals surface area contributed by atoms with Crippen LogP contribution in [0.2, 0.25) is 0 Å². The highest BCUT2D eigenvalue weighted by Crippen LogP contribution is 2.41. The third-order valence-electron chi connectivity index (χ3n) is 4.15. The van der Waals surface area contributed by atoms with Crippen LogP contribution in [0.4, 0.5) is 11.5 Å². The summed E-state index contributed by atoms with van der Waals surface area (Å²) in [5.41, 5.74) is 7.00. The number of carbonyl (C=O) groups is 1. The van der Waals surface area contributed by atoms with Crippen LogP contribution in [0.15, 0.2) is 12.3 Å². The number of hydrogen-bond acceptors (Lipinski definition) is 5. The van der Waals surface area contributed by atoms with Crippen molar-refractivity contribution in [3.05, 3.63) is 17.8 Å². The van der Waals surface area contributed by atoms with E-state index in [0.29, 0.717) is 23.9 Å². The molecule has 19 heavy (non-hydrogen) atoms. The lowest BCUT2D eigenvalue weighted by atomic mass is 10.1. The van der Waals surface area contributed by atoms with Crippen molar-refractivity contribution in [3.63, 3.8) is 0 Å². The van der Waals surface area contributed by atoms with Gasteiger partial charge in [-0.2, -0.15) is 0 Å². The first-order valence-electron chi connectivity index (χ1n) is 6.89. The van der Waals surface area contributed by atoms with Gasteiger partial charge in [-0.15, -0.1) is 0 Å². The summed E-state index contributed by atoms with van der Waals surface area (Å²) in [6.07, 6.45) is 5.38. The molecule has 2 aliphatic rings. The highest BCUT2D eigenvalue weighted by molar-refractivity contribution is 5.97. The van der Waals surface area contributed by atoms with Crippen molar-refractivity contribution in [2.45, 2.75) is 32.2 Å². The van der Waals surface area contributed by atoms with E-state index in [1.165, 1.54) is 19.3 Å². The minimum absolute atomic E-state index is 0.352. The SMILES string of the molecule is CCOC(=O)c1ccnc(N2CC3CCC2C3)c1N. The first-order chi connectivity index (χ1) is 9.20. The summed E-state index contributed by atoms with van der Waals surface area (Å²) < 4.78 is 5.02. The number of fused-ring (bicyclic) bond motifs is 2. The van der Waals surface area contributed by atoms with Crippen molar-refractivity contribution in [1.29, 1.82) is 0 Å². The van der Waals surface area contributed by atoms with E-state index in [1.807, 2.05) is 0 Å². The molecule has 5 nitrogen and oxygen atoms in total. The highest BCUT2D eigenvalue weighted by atomic mass is 16.5. The molecule has 2 heterocycles. The van der Waals surface area contributed by atoms with Crippen molar-refractivity contribution >= 4 is 17.5 Å². The first kappa shape index (κ1) is 12.3. The molecule has 0 aromatic carbocycles. The molecule has 1 saturated heterocycles. The predicted molar refractivity (Wildman–Crippen MR) is 73.1 cm³/mol. The van der Waals surface area contributed by atoms with Crippen LogP contribution in [-0.4, -0.2) is 30.1 Å². The normalized spacial score (nSPS) is 24.8. The van der Waals surface area contributed by atoms with Crippen molar-refractivity contribution in [2.24, 2.45) is 5.92 Å². The monoisotopic (exact) mass is 261 g/mol. The summed E-state index contributed by atoms with van der Waals surface area (Å²) in [6, 6.07) is 2.17. The number of nitrogens with two attached hydrogens (primary N) is 1. The third kappa shape index (κ3) is 2.03. The van der Waals surface area contributed by atoms with Gasteiger partial charge in [-0.25, -0.2) is 9.78 Å². The molecular formula is C14H19N3O2. The maximum Gasteiger partial charge on any atom is 0.340 e. The van der Waals surface area contributed by atoms with Gasteiger partial charge in [0.15, 0.2) is 5.82 Å². The number of rotatable bonds is 3. The predicted octanol–water partition coefficient (Wildman–Crippen LogP) is 1.83. The van der Waals surface area contributed by atoms with Gasteiger partial charge in [0.2, 0.25) is 0 Å². The van der Waals surface area contributed by atoms with Crippen LogP contribution in [0.5, 0.6) is 0 Å². The van der Waals surface area contributed by atoms with Gasteiger partial charge in [-0.3, -0.25) is 0 Å². The molecule has 102 valence electrons. The zero-order valence-electron chi connectivity index (χ0n) is 11.1.